The number of alkyl halides is 2. The third-order valence-electron chi connectivity index (χ3n) is 3.19. The molecule has 0 saturated carbocycles. The fourth-order valence-electron chi connectivity index (χ4n) is 2.12. The second-order valence-electron chi connectivity index (χ2n) is 5.13. The molecular formula is C18H17F2NO5. The Labute approximate surface area is 148 Å². The highest BCUT2D eigenvalue weighted by atomic mass is 19.3. The van der Waals surface area contributed by atoms with E-state index < -0.39 is 25.1 Å². The summed E-state index contributed by atoms with van der Waals surface area (Å²) in [4.78, 5) is 23.9. The van der Waals surface area contributed by atoms with Crippen molar-refractivity contribution in [3.8, 4) is 5.75 Å². The van der Waals surface area contributed by atoms with Crippen LogP contribution in [-0.2, 0) is 20.9 Å². The molecule has 0 atom stereocenters. The predicted octanol–water partition coefficient (Wildman–Crippen LogP) is 3.23. The molecule has 6 nitrogen and oxygen atoms in total. The van der Waals surface area contributed by atoms with E-state index in [1.165, 1.54) is 25.3 Å². The molecule has 2 aromatic rings. The fourth-order valence-corrected chi connectivity index (χ4v) is 2.12. The van der Waals surface area contributed by atoms with Crippen molar-refractivity contribution in [2.24, 2.45) is 0 Å². The van der Waals surface area contributed by atoms with Crippen molar-refractivity contribution < 1.29 is 32.6 Å². The van der Waals surface area contributed by atoms with Crippen LogP contribution in [0.3, 0.4) is 0 Å². The van der Waals surface area contributed by atoms with Crippen molar-refractivity contribution in [3.05, 3.63) is 59.7 Å². The van der Waals surface area contributed by atoms with E-state index >= 15 is 0 Å². The van der Waals surface area contributed by atoms with Crippen LogP contribution in [0.2, 0.25) is 0 Å². The van der Waals surface area contributed by atoms with Crippen molar-refractivity contribution in [2.75, 3.05) is 19.0 Å². The number of rotatable bonds is 8. The standard InChI is InChI=1S/C18H17F2NO5/c1-24-10-12-5-4-6-13(9-12)17(23)25-11-16(22)21-14-7-2-3-8-15(14)26-18(19)20/h2-9,18H,10-11H2,1H3,(H,21,22). The van der Waals surface area contributed by atoms with E-state index in [4.69, 9.17) is 9.47 Å². The summed E-state index contributed by atoms with van der Waals surface area (Å²) in [5, 5.41) is 2.36. The number of nitrogens with one attached hydrogen (secondary N) is 1. The van der Waals surface area contributed by atoms with E-state index in [9.17, 15) is 18.4 Å². The lowest BCUT2D eigenvalue weighted by molar-refractivity contribution is -0.119. The summed E-state index contributed by atoms with van der Waals surface area (Å²) >= 11 is 0. The lowest BCUT2D eigenvalue weighted by Gasteiger charge is -2.12. The number of esters is 1. The number of ether oxygens (including phenoxy) is 3. The van der Waals surface area contributed by atoms with Gasteiger partial charge in [-0.2, -0.15) is 8.78 Å². The molecule has 0 fully saturated rings. The Morgan fingerprint density at radius 3 is 2.62 bits per heavy atom. The second-order valence-corrected chi connectivity index (χ2v) is 5.13. The zero-order valence-electron chi connectivity index (χ0n) is 13.9. The zero-order chi connectivity index (χ0) is 18.9. The minimum Gasteiger partial charge on any atom is -0.452 e. The molecule has 0 heterocycles. The van der Waals surface area contributed by atoms with Crippen molar-refractivity contribution in [1.82, 2.24) is 0 Å². The van der Waals surface area contributed by atoms with Crippen molar-refractivity contribution in [1.29, 1.82) is 0 Å². The summed E-state index contributed by atoms with van der Waals surface area (Å²) in [5.41, 5.74) is 1.11. The Morgan fingerprint density at radius 1 is 1.12 bits per heavy atom. The van der Waals surface area contributed by atoms with Gasteiger partial charge in [-0.1, -0.05) is 24.3 Å². The molecule has 0 aliphatic rings. The average molecular weight is 365 g/mol. The highest BCUT2D eigenvalue weighted by Crippen LogP contribution is 2.25. The van der Waals surface area contributed by atoms with Crippen molar-refractivity contribution in [2.45, 2.75) is 13.2 Å². The van der Waals surface area contributed by atoms with Crippen LogP contribution in [-0.4, -0.2) is 32.2 Å². The van der Waals surface area contributed by atoms with Gasteiger partial charge in [0.2, 0.25) is 0 Å². The smallest absolute Gasteiger partial charge is 0.387 e. The molecule has 2 rings (SSSR count). The van der Waals surface area contributed by atoms with Crippen LogP contribution in [0, 0.1) is 0 Å². The number of hydrogen-bond acceptors (Lipinski definition) is 5. The summed E-state index contributed by atoms with van der Waals surface area (Å²) in [6, 6.07) is 12.3. The molecule has 0 bridgehead atoms. The van der Waals surface area contributed by atoms with Crippen molar-refractivity contribution >= 4 is 17.6 Å². The third-order valence-corrected chi connectivity index (χ3v) is 3.19. The highest BCUT2D eigenvalue weighted by Gasteiger charge is 2.14. The van der Waals surface area contributed by atoms with Gasteiger partial charge in [-0.15, -0.1) is 0 Å². The zero-order valence-corrected chi connectivity index (χ0v) is 13.9. The highest BCUT2D eigenvalue weighted by molar-refractivity contribution is 5.96. The van der Waals surface area contributed by atoms with Crippen LogP contribution >= 0.6 is 0 Å². The first-order chi connectivity index (χ1) is 12.5. The Hall–Kier alpha value is -3.00. The van der Waals surface area contributed by atoms with E-state index in [0.717, 1.165) is 5.56 Å². The van der Waals surface area contributed by atoms with Gasteiger partial charge < -0.3 is 19.5 Å². The number of methoxy groups -OCH3 is 1. The predicted molar refractivity (Wildman–Crippen MR) is 89.1 cm³/mol. The first-order valence-corrected chi connectivity index (χ1v) is 7.58. The number of carbonyl (C=O) groups is 2. The van der Waals surface area contributed by atoms with Crippen LogP contribution in [0.4, 0.5) is 14.5 Å². The number of halogens is 2. The fraction of sp³-hybridized carbons (Fsp3) is 0.222. The minimum atomic E-state index is -3.02. The lowest BCUT2D eigenvalue weighted by atomic mass is 10.1. The summed E-state index contributed by atoms with van der Waals surface area (Å²) < 4.78 is 38.9. The van der Waals surface area contributed by atoms with Crippen LogP contribution in [0.25, 0.3) is 0 Å². The summed E-state index contributed by atoms with van der Waals surface area (Å²) in [5.74, 6) is -1.55. The number of anilines is 1. The first kappa shape index (κ1) is 19.3. The van der Waals surface area contributed by atoms with Crippen LogP contribution in [0.15, 0.2) is 48.5 Å². The van der Waals surface area contributed by atoms with Gasteiger partial charge in [-0.25, -0.2) is 4.79 Å². The number of carbonyl (C=O) groups excluding carboxylic acids is 2. The molecule has 1 N–H and O–H groups in total. The van der Waals surface area contributed by atoms with E-state index in [2.05, 4.69) is 10.1 Å². The number of hydrogen-bond donors (Lipinski definition) is 1. The quantitative estimate of drug-likeness (QED) is 0.727. The first-order valence-electron chi connectivity index (χ1n) is 7.58. The molecule has 2 aromatic carbocycles. The van der Waals surface area contributed by atoms with Gasteiger partial charge in [0.25, 0.3) is 5.91 Å². The Kier molecular flexibility index (Phi) is 7.04. The molecule has 26 heavy (non-hydrogen) atoms. The normalized spacial score (nSPS) is 10.5. The third kappa shape index (κ3) is 5.82. The SMILES string of the molecule is COCc1cccc(C(=O)OCC(=O)Nc2ccccc2OC(F)F)c1. The van der Waals surface area contributed by atoms with Crippen molar-refractivity contribution in [3.63, 3.8) is 0 Å². The Bertz CT molecular complexity index is 767. The van der Waals surface area contributed by atoms with Gasteiger partial charge in [0.05, 0.1) is 17.9 Å². The molecule has 8 heteroatoms. The van der Waals surface area contributed by atoms with E-state index in [0.29, 0.717) is 6.61 Å². The summed E-state index contributed by atoms with van der Waals surface area (Å²) in [6.45, 7) is -3.26. The maximum Gasteiger partial charge on any atom is 0.387 e. The molecule has 0 spiro atoms. The molecule has 0 aliphatic carbocycles. The molecular weight excluding hydrogens is 348 g/mol. The lowest BCUT2D eigenvalue weighted by Crippen LogP contribution is -2.21. The minimum absolute atomic E-state index is 0.0518. The number of benzene rings is 2. The molecule has 0 aliphatic heterocycles. The number of para-hydroxylation sites is 2. The largest absolute Gasteiger partial charge is 0.452 e. The molecule has 138 valence electrons. The maximum absolute atomic E-state index is 12.4. The monoisotopic (exact) mass is 365 g/mol. The van der Waals surface area contributed by atoms with E-state index in [1.807, 2.05) is 0 Å². The number of amides is 1. The van der Waals surface area contributed by atoms with Gasteiger partial charge in [0.15, 0.2) is 6.61 Å². The van der Waals surface area contributed by atoms with E-state index in [1.54, 1.807) is 30.3 Å². The van der Waals surface area contributed by atoms with Crippen LogP contribution in [0.5, 0.6) is 5.75 Å². The molecule has 0 saturated heterocycles. The summed E-state index contributed by atoms with van der Waals surface area (Å²) in [7, 11) is 1.53. The van der Waals surface area contributed by atoms with Gasteiger partial charge in [0, 0.05) is 7.11 Å². The summed E-state index contributed by atoms with van der Waals surface area (Å²) in [6.07, 6.45) is 0. The maximum atomic E-state index is 12.4. The second kappa shape index (κ2) is 9.47. The van der Waals surface area contributed by atoms with E-state index in [-0.39, 0.29) is 17.0 Å². The van der Waals surface area contributed by atoms with Gasteiger partial charge in [-0.3, -0.25) is 4.79 Å². The molecule has 0 radical (unpaired) electrons. The van der Waals surface area contributed by atoms with Gasteiger partial charge in [0.1, 0.15) is 5.75 Å². The van der Waals surface area contributed by atoms with Gasteiger partial charge >= 0.3 is 12.6 Å². The molecule has 0 aromatic heterocycles. The van der Waals surface area contributed by atoms with Crippen LogP contribution in [0.1, 0.15) is 15.9 Å². The molecule has 1 amide bonds. The van der Waals surface area contributed by atoms with Gasteiger partial charge in [-0.05, 0) is 29.8 Å². The Morgan fingerprint density at radius 2 is 1.88 bits per heavy atom. The topological polar surface area (TPSA) is 73.9 Å². The van der Waals surface area contributed by atoms with Crippen LogP contribution < -0.4 is 10.1 Å². The Balaban J connectivity index is 1.93. The molecule has 0 unspecified atom stereocenters. The average Bonchev–Trinajstić information content (AvgIpc) is 2.61.